The number of benzene rings is 1. The third kappa shape index (κ3) is 3.24. The number of fused-ring (bicyclic) bond motifs is 1. The highest BCUT2D eigenvalue weighted by molar-refractivity contribution is 5.78. The zero-order valence-corrected chi connectivity index (χ0v) is 11.7. The van der Waals surface area contributed by atoms with Crippen LogP contribution in [0.15, 0.2) is 41.2 Å². The van der Waals surface area contributed by atoms with Crippen LogP contribution in [0.2, 0.25) is 0 Å². The lowest BCUT2D eigenvalue weighted by Crippen LogP contribution is -2.25. The summed E-state index contributed by atoms with van der Waals surface area (Å²) in [4.78, 5) is 12.0. The van der Waals surface area contributed by atoms with E-state index >= 15 is 0 Å². The number of aromatic nitrogens is 1. The topological polar surface area (TPSA) is 34.0 Å². The fourth-order valence-corrected chi connectivity index (χ4v) is 2.52. The molecule has 0 amide bonds. The molecular formula is C16H22N2O. The van der Waals surface area contributed by atoms with Crippen LogP contribution in [0.5, 0.6) is 0 Å². The van der Waals surface area contributed by atoms with Gasteiger partial charge in [-0.3, -0.25) is 4.79 Å². The number of pyridine rings is 1. The van der Waals surface area contributed by atoms with Gasteiger partial charge in [0.15, 0.2) is 0 Å². The van der Waals surface area contributed by atoms with Crippen molar-refractivity contribution in [3.8, 4) is 0 Å². The Hall–Kier alpha value is -1.61. The molecule has 0 aliphatic heterocycles. The van der Waals surface area contributed by atoms with Gasteiger partial charge in [-0.2, -0.15) is 0 Å². The van der Waals surface area contributed by atoms with Crippen molar-refractivity contribution in [1.29, 1.82) is 0 Å². The third-order valence-electron chi connectivity index (χ3n) is 3.73. The van der Waals surface area contributed by atoms with E-state index in [-0.39, 0.29) is 5.56 Å². The zero-order valence-electron chi connectivity index (χ0n) is 11.7. The lowest BCUT2D eigenvalue weighted by atomic mass is 10.1. The predicted molar refractivity (Wildman–Crippen MR) is 80.6 cm³/mol. The molecule has 0 radical (unpaired) electrons. The highest BCUT2D eigenvalue weighted by atomic mass is 16.1. The van der Waals surface area contributed by atoms with Gasteiger partial charge in [-0.25, -0.2) is 0 Å². The van der Waals surface area contributed by atoms with E-state index in [4.69, 9.17) is 0 Å². The molecule has 0 aliphatic carbocycles. The molecule has 1 atom stereocenters. The minimum atomic E-state index is 0.0937. The lowest BCUT2D eigenvalue weighted by Gasteiger charge is -2.15. The van der Waals surface area contributed by atoms with Crippen molar-refractivity contribution in [2.24, 2.45) is 0 Å². The molecule has 1 aromatic heterocycles. The molecule has 0 bridgehead atoms. The van der Waals surface area contributed by atoms with Crippen LogP contribution in [0, 0.1) is 0 Å². The summed E-state index contributed by atoms with van der Waals surface area (Å²) in [6.07, 6.45) is 3.25. The number of rotatable bonds is 6. The maximum Gasteiger partial charge on any atom is 0.251 e. The molecule has 2 aromatic rings. The second-order valence-corrected chi connectivity index (χ2v) is 4.92. The molecule has 1 heterocycles. The predicted octanol–water partition coefficient (Wildman–Crippen LogP) is 2.78. The maximum absolute atomic E-state index is 12.0. The number of para-hydroxylation sites is 1. The van der Waals surface area contributed by atoms with Crippen molar-refractivity contribution in [2.75, 3.05) is 7.05 Å². The minimum Gasteiger partial charge on any atom is -0.317 e. The molecule has 3 heteroatoms. The molecule has 1 aromatic carbocycles. The molecule has 0 spiro atoms. The second-order valence-electron chi connectivity index (χ2n) is 4.92. The summed E-state index contributed by atoms with van der Waals surface area (Å²) < 4.78 is 1.89. The van der Waals surface area contributed by atoms with Gasteiger partial charge >= 0.3 is 0 Å². The number of hydrogen-bond donors (Lipinski definition) is 1. The van der Waals surface area contributed by atoms with Gasteiger partial charge in [0.05, 0.1) is 5.52 Å². The minimum absolute atomic E-state index is 0.0937. The van der Waals surface area contributed by atoms with Crippen molar-refractivity contribution < 1.29 is 0 Å². The van der Waals surface area contributed by atoms with Crippen molar-refractivity contribution >= 4 is 10.9 Å². The van der Waals surface area contributed by atoms with E-state index in [2.05, 4.69) is 12.2 Å². The Morgan fingerprint density at radius 2 is 2.00 bits per heavy atom. The van der Waals surface area contributed by atoms with Crippen LogP contribution in [0.3, 0.4) is 0 Å². The zero-order chi connectivity index (χ0) is 13.7. The molecule has 0 fully saturated rings. The first kappa shape index (κ1) is 13.8. The Morgan fingerprint density at radius 3 is 2.74 bits per heavy atom. The maximum atomic E-state index is 12.0. The monoisotopic (exact) mass is 258 g/mol. The number of aryl methyl sites for hydroxylation is 1. The molecule has 2 rings (SSSR count). The van der Waals surface area contributed by atoms with Gasteiger partial charge in [0.1, 0.15) is 0 Å². The Morgan fingerprint density at radius 1 is 1.21 bits per heavy atom. The van der Waals surface area contributed by atoms with Crippen molar-refractivity contribution in [3.05, 3.63) is 46.8 Å². The first-order valence-corrected chi connectivity index (χ1v) is 7.02. The molecule has 3 nitrogen and oxygen atoms in total. The third-order valence-corrected chi connectivity index (χ3v) is 3.73. The molecule has 0 saturated heterocycles. The van der Waals surface area contributed by atoms with E-state index in [1.165, 1.54) is 0 Å². The second kappa shape index (κ2) is 6.53. The summed E-state index contributed by atoms with van der Waals surface area (Å²) in [7, 11) is 2.00. The van der Waals surface area contributed by atoms with Crippen LogP contribution in [0.1, 0.15) is 26.2 Å². The lowest BCUT2D eigenvalue weighted by molar-refractivity contribution is 0.469. The van der Waals surface area contributed by atoms with Gasteiger partial charge < -0.3 is 9.88 Å². The van der Waals surface area contributed by atoms with Gasteiger partial charge in [0, 0.05) is 18.7 Å². The van der Waals surface area contributed by atoms with E-state index in [0.29, 0.717) is 6.04 Å². The molecule has 0 aliphatic rings. The van der Waals surface area contributed by atoms with Gasteiger partial charge in [0.25, 0.3) is 5.56 Å². The van der Waals surface area contributed by atoms with Gasteiger partial charge in [-0.15, -0.1) is 0 Å². The summed E-state index contributed by atoms with van der Waals surface area (Å²) >= 11 is 0. The standard InChI is InChI=1S/C16H22N2O/c1-3-14(17-2)8-6-12-18-15-9-5-4-7-13(15)10-11-16(18)19/h4-5,7,9-11,14,17H,3,6,8,12H2,1-2H3. The quantitative estimate of drug-likeness (QED) is 0.864. The van der Waals surface area contributed by atoms with Crippen molar-refractivity contribution in [1.82, 2.24) is 9.88 Å². The number of nitrogens with one attached hydrogen (secondary N) is 1. The molecular weight excluding hydrogens is 236 g/mol. The van der Waals surface area contributed by atoms with Crippen LogP contribution in [0.4, 0.5) is 0 Å². The molecule has 19 heavy (non-hydrogen) atoms. The first-order valence-electron chi connectivity index (χ1n) is 7.02. The van der Waals surface area contributed by atoms with Crippen molar-refractivity contribution in [2.45, 2.75) is 38.8 Å². The van der Waals surface area contributed by atoms with E-state index in [1.54, 1.807) is 6.07 Å². The van der Waals surface area contributed by atoms with Crippen LogP contribution in [-0.2, 0) is 6.54 Å². The Balaban J connectivity index is 2.16. The average Bonchev–Trinajstić information content (AvgIpc) is 2.45. The summed E-state index contributed by atoms with van der Waals surface area (Å²) in [6.45, 7) is 2.98. The highest BCUT2D eigenvalue weighted by Gasteiger charge is 2.05. The van der Waals surface area contributed by atoms with Gasteiger partial charge in [-0.05, 0) is 43.8 Å². The average molecular weight is 258 g/mol. The largest absolute Gasteiger partial charge is 0.317 e. The first-order chi connectivity index (χ1) is 9.26. The molecule has 1 unspecified atom stereocenters. The Kier molecular flexibility index (Phi) is 4.74. The number of hydrogen-bond acceptors (Lipinski definition) is 2. The fraction of sp³-hybridized carbons (Fsp3) is 0.438. The van der Waals surface area contributed by atoms with Gasteiger partial charge in [-0.1, -0.05) is 25.1 Å². The van der Waals surface area contributed by atoms with E-state index in [1.807, 2.05) is 41.9 Å². The Labute approximate surface area is 114 Å². The molecule has 1 N–H and O–H groups in total. The van der Waals surface area contributed by atoms with Crippen molar-refractivity contribution in [3.63, 3.8) is 0 Å². The highest BCUT2D eigenvalue weighted by Crippen LogP contribution is 2.12. The summed E-state index contributed by atoms with van der Waals surface area (Å²) in [5.74, 6) is 0. The van der Waals surface area contributed by atoms with Crippen LogP contribution >= 0.6 is 0 Å². The van der Waals surface area contributed by atoms with Crippen LogP contribution < -0.4 is 10.9 Å². The van der Waals surface area contributed by atoms with E-state index < -0.39 is 0 Å². The Bertz CT molecular complexity index is 585. The van der Waals surface area contributed by atoms with E-state index in [0.717, 1.165) is 36.7 Å². The molecule has 0 saturated carbocycles. The van der Waals surface area contributed by atoms with Crippen LogP contribution in [0.25, 0.3) is 10.9 Å². The van der Waals surface area contributed by atoms with Gasteiger partial charge in [0.2, 0.25) is 0 Å². The SMILES string of the molecule is CCC(CCCn1c(=O)ccc2ccccc21)NC. The normalized spacial score (nSPS) is 12.7. The summed E-state index contributed by atoms with van der Waals surface area (Å²) in [6, 6.07) is 12.2. The molecule has 102 valence electrons. The summed E-state index contributed by atoms with van der Waals surface area (Å²) in [5, 5.41) is 4.43. The number of nitrogens with zero attached hydrogens (tertiary/aromatic N) is 1. The fourth-order valence-electron chi connectivity index (χ4n) is 2.52. The summed E-state index contributed by atoms with van der Waals surface area (Å²) in [5.41, 5.74) is 1.13. The van der Waals surface area contributed by atoms with Crippen LogP contribution in [-0.4, -0.2) is 17.7 Å². The smallest absolute Gasteiger partial charge is 0.251 e. The van der Waals surface area contributed by atoms with E-state index in [9.17, 15) is 4.79 Å².